The summed E-state index contributed by atoms with van der Waals surface area (Å²) in [7, 11) is 1.41. The van der Waals surface area contributed by atoms with E-state index >= 15 is 0 Å². The number of nitrogens with zero attached hydrogens (tertiary/aromatic N) is 3. The molecule has 4 aromatic rings. The molecule has 1 aliphatic heterocycles. The van der Waals surface area contributed by atoms with E-state index in [1.54, 1.807) is 48.9 Å². The molecule has 1 unspecified atom stereocenters. The van der Waals surface area contributed by atoms with E-state index in [1.165, 1.54) is 12.0 Å². The number of ketones is 1. The van der Waals surface area contributed by atoms with Crippen LogP contribution in [0.2, 0.25) is 0 Å². The average Bonchev–Trinajstić information content (AvgIpc) is 3.60. The smallest absolute Gasteiger partial charge is 0.295 e. The van der Waals surface area contributed by atoms with Crippen molar-refractivity contribution in [1.82, 2.24) is 14.5 Å². The molecule has 0 radical (unpaired) electrons. The Bertz CT molecular complexity index is 1630. The zero-order valence-corrected chi connectivity index (χ0v) is 24.7. The van der Waals surface area contributed by atoms with E-state index in [1.807, 2.05) is 42.0 Å². The van der Waals surface area contributed by atoms with E-state index in [-0.39, 0.29) is 29.4 Å². The number of phenolic OH excluding ortho intramolecular Hbond substituents is 1. The van der Waals surface area contributed by atoms with Gasteiger partial charge in [0.25, 0.3) is 11.7 Å². The molecule has 42 heavy (non-hydrogen) atoms. The van der Waals surface area contributed by atoms with Gasteiger partial charge in [0.2, 0.25) is 0 Å². The highest BCUT2D eigenvalue weighted by molar-refractivity contribution is 9.10. The fourth-order valence-electron chi connectivity index (χ4n) is 5.04. The first-order chi connectivity index (χ1) is 20.3. The Labute approximate surface area is 251 Å². The number of rotatable bonds is 10. The molecule has 1 amide bonds. The Hall–Kier alpha value is -4.57. The first-order valence-electron chi connectivity index (χ1n) is 13.4. The van der Waals surface area contributed by atoms with Crippen LogP contribution in [0, 0.1) is 6.92 Å². The first kappa shape index (κ1) is 28.9. The number of phenols is 1. The monoisotopic (exact) mass is 631 g/mol. The Morgan fingerprint density at radius 1 is 1.07 bits per heavy atom. The summed E-state index contributed by atoms with van der Waals surface area (Å²) in [6.45, 7) is 3.23. The Morgan fingerprint density at radius 3 is 2.55 bits per heavy atom. The van der Waals surface area contributed by atoms with E-state index in [2.05, 4.69) is 20.9 Å². The molecule has 0 aliphatic carbocycles. The standard InChI is InChI=1S/C32H30BrN3O6/c1-20-5-3-6-21(15-20)18-42-24-9-7-22(8-10-24)29(37)27-28(23-16-25(33)30(38)26(17-23)41-2)36(32(40)31(27)39)13-4-12-35-14-11-34-19-35/h3,5-11,14-17,19,28,37-38H,4,12-13,18H2,1-2H3/b29-27+. The van der Waals surface area contributed by atoms with Crippen molar-refractivity contribution in [3.63, 3.8) is 0 Å². The molecule has 9 nitrogen and oxygen atoms in total. The zero-order valence-electron chi connectivity index (χ0n) is 23.2. The van der Waals surface area contributed by atoms with Gasteiger partial charge in [0.05, 0.1) is 29.5 Å². The number of halogens is 1. The van der Waals surface area contributed by atoms with E-state index in [4.69, 9.17) is 9.47 Å². The van der Waals surface area contributed by atoms with Crippen LogP contribution in [0.3, 0.4) is 0 Å². The number of imidazole rings is 1. The van der Waals surface area contributed by atoms with Crippen molar-refractivity contribution >= 4 is 33.4 Å². The highest BCUT2D eigenvalue weighted by Gasteiger charge is 2.46. The minimum absolute atomic E-state index is 0.0456. The molecule has 0 saturated carbocycles. The third-order valence-corrected chi connectivity index (χ3v) is 7.72. The first-order valence-corrected chi connectivity index (χ1v) is 14.2. The highest BCUT2D eigenvalue weighted by Crippen LogP contribution is 2.44. The molecule has 5 rings (SSSR count). The molecule has 2 N–H and O–H groups in total. The number of carbonyl (C=O) groups excluding carboxylic acids is 2. The van der Waals surface area contributed by atoms with Crippen LogP contribution in [0.25, 0.3) is 5.76 Å². The normalized spacial score (nSPS) is 16.2. The lowest BCUT2D eigenvalue weighted by molar-refractivity contribution is -0.139. The number of hydrogen-bond donors (Lipinski definition) is 2. The second-order valence-electron chi connectivity index (χ2n) is 10.0. The van der Waals surface area contributed by atoms with Gasteiger partial charge in [-0.3, -0.25) is 9.59 Å². The predicted octanol–water partition coefficient (Wildman–Crippen LogP) is 5.76. The van der Waals surface area contributed by atoms with Crippen molar-refractivity contribution in [2.75, 3.05) is 13.7 Å². The summed E-state index contributed by atoms with van der Waals surface area (Å²) in [6.07, 6.45) is 5.72. The lowest BCUT2D eigenvalue weighted by Crippen LogP contribution is -2.31. The van der Waals surface area contributed by atoms with Crippen LogP contribution >= 0.6 is 15.9 Å². The summed E-state index contributed by atoms with van der Waals surface area (Å²) in [4.78, 5) is 32.2. The molecular weight excluding hydrogens is 602 g/mol. The number of Topliss-reactive ketones (excluding diaryl/α,β-unsaturated/α-hetero) is 1. The number of aromatic nitrogens is 2. The van der Waals surface area contributed by atoms with Crippen LogP contribution in [0.1, 0.15) is 34.7 Å². The summed E-state index contributed by atoms with van der Waals surface area (Å²) < 4.78 is 13.4. The van der Waals surface area contributed by atoms with Crippen molar-refractivity contribution in [3.05, 3.63) is 112 Å². The van der Waals surface area contributed by atoms with Crippen molar-refractivity contribution in [2.45, 2.75) is 32.5 Å². The summed E-state index contributed by atoms with van der Waals surface area (Å²) in [5, 5.41) is 21.8. The van der Waals surface area contributed by atoms with E-state index in [0.29, 0.717) is 40.9 Å². The van der Waals surface area contributed by atoms with E-state index < -0.39 is 17.7 Å². The maximum atomic E-state index is 13.4. The van der Waals surface area contributed by atoms with Crippen LogP contribution in [0.4, 0.5) is 0 Å². The predicted molar refractivity (Wildman–Crippen MR) is 160 cm³/mol. The third-order valence-electron chi connectivity index (χ3n) is 7.12. The fraction of sp³-hybridized carbons (Fsp3) is 0.219. The molecule has 1 saturated heterocycles. The number of benzene rings is 3. The molecule has 3 aromatic carbocycles. The molecule has 216 valence electrons. The largest absolute Gasteiger partial charge is 0.507 e. The van der Waals surface area contributed by atoms with Gasteiger partial charge in [0.15, 0.2) is 11.5 Å². The topological polar surface area (TPSA) is 114 Å². The highest BCUT2D eigenvalue weighted by atomic mass is 79.9. The minimum Gasteiger partial charge on any atom is -0.507 e. The number of carbonyl (C=O) groups is 2. The van der Waals surface area contributed by atoms with Crippen LogP contribution in [0.5, 0.6) is 17.2 Å². The van der Waals surface area contributed by atoms with Crippen LogP contribution in [-0.2, 0) is 22.7 Å². The molecule has 1 atom stereocenters. The Balaban J connectivity index is 1.47. The van der Waals surface area contributed by atoms with Crippen LogP contribution in [-0.4, -0.2) is 50.0 Å². The number of aryl methyl sites for hydroxylation is 2. The molecular formula is C32H30BrN3O6. The van der Waals surface area contributed by atoms with Gasteiger partial charge < -0.3 is 29.2 Å². The Kier molecular flexibility index (Phi) is 8.63. The second-order valence-corrected chi connectivity index (χ2v) is 10.9. The summed E-state index contributed by atoms with van der Waals surface area (Å²) in [5.74, 6) is -1.16. The average molecular weight is 633 g/mol. The SMILES string of the molecule is COc1cc(C2/C(=C(\O)c3ccc(OCc4cccc(C)c4)cc3)C(=O)C(=O)N2CCCn2ccnc2)cc(Br)c1O. The van der Waals surface area contributed by atoms with Gasteiger partial charge in [-0.1, -0.05) is 29.8 Å². The van der Waals surface area contributed by atoms with Gasteiger partial charge in [-0.25, -0.2) is 4.98 Å². The number of ether oxygens (including phenoxy) is 2. The molecule has 1 aliphatic rings. The molecule has 10 heteroatoms. The van der Waals surface area contributed by atoms with Crippen molar-refractivity contribution in [3.8, 4) is 17.2 Å². The maximum Gasteiger partial charge on any atom is 0.295 e. The second kappa shape index (κ2) is 12.5. The zero-order chi connectivity index (χ0) is 29.8. The van der Waals surface area contributed by atoms with Crippen molar-refractivity contribution in [2.24, 2.45) is 0 Å². The number of aromatic hydroxyl groups is 1. The maximum absolute atomic E-state index is 13.4. The quantitative estimate of drug-likeness (QED) is 0.130. The summed E-state index contributed by atoms with van der Waals surface area (Å²) >= 11 is 3.34. The van der Waals surface area contributed by atoms with Crippen LogP contribution in [0.15, 0.2) is 89.4 Å². The van der Waals surface area contributed by atoms with Crippen molar-refractivity contribution < 1.29 is 29.3 Å². The molecule has 1 aromatic heterocycles. The van der Waals surface area contributed by atoms with Gasteiger partial charge in [0.1, 0.15) is 18.1 Å². The van der Waals surface area contributed by atoms with Crippen molar-refractivity contribution in [1.29, 1.82) is 0 Å². The van der Waals surface area contributed by atoms with Gasteiger partial charge in [-0.05, 0) is 76.8 Å². The molecule has 2 heterocycles. The fourth-order valence-corrected chi connectivity index (χ4v) is 5.50. The number of hydrogen-bond acceptors (Lipinski definition) is 7. The van der Waals surface area contributed by atoms with E-state index in [0.717, 1.165) is 11.1 Å². The minimum atomic E-state index is -0.907. The number of aliphatic hydroxyl groups is 1. The number of likely N-dealkylation sites (tertiary alicyclic amines) is 1. The van der Waals surface area contributed by atoms with Gasteiger partial charge in [0, 0.05) is 31.0 Å². The van der Waals surface area contributed by atoms with Crippen LogP contribution < -0.4 is 9.47 Å². The number of aliphatic hydroxyl groups excluding tert-OH is 1. The molecule has 0 spiro atoms. The molecule has 0 bridgehead atoms. The number of amides is 1. The van der Waals surface area contributed by atoms with Gasteiger partial charge in [-0.2, -0.15) is 0 Å². The third kappa shape index (κ3) is 6.03. The lowest BCUT2D eigenvalue weighted by atomic mass is 9.95. The van der Waals surface area contributed by atoms with E-state index in [9.17, 15) is 19.8 Å². The number of methoxy groups -OCH3 is 1. The van der Waals surface area contributed by atoms with Gasteiger partial charge >= 0.3 is 0 Å². The Morgan fingerprint density at radius 2 is 1.86 bits per heavy atom. The summed E-state index contributed by atoms with van der Waals surface area (Å²) in [6, 6.07) is 17.0. The lowest BCUT2D eigenvalue weighted by Gasteiger charge is -2.26. The summed E-state index contributed by atoms with van der Waals surface area (Å²) in [5.41, 5.74) is 2.99. The van der Waals surface area contributed by atoms with Gasteiger partial charge in [-0.15, -0.1) is 0 Å². The molecule has 1 fully saturated rings.